The fraction of sp³-hybridized carbons (Fsp3) is 0.353. The van der Waals surface area contributed by atoms with Crippen molar-refractivity contribution in [2.45, 2.75) is 19.8 Å². The van der Waals surface area contributed by atoms with Crippen LogP contribution in [0.3, 0.4) is 0 Å². The molecule has 4 nitrogen and oxygen atoms in total. The lowest BCUT2D eigenvalue weighted by atomic mass is 9.94. The summed E-state index contributed by atoms with van der Waals surface area (Å²) in [6.07, 6.45) is 6.41. The Kier molecular flexibility index (Phi) is 4.35. The second kappa shape index (κ2) is 6.02. The lowest BCUT2D eigenvalue weighted by Crippen LogP contribution is -2.20. The quantitative estimate of drug-likeness (QED) is 0.826. The molecule has 0 spiro atoms. The second-order valence-corrected chi connectivity index (χ2v) is 5.32. The average molecular weight is 284 g/mol. The predicted octanol–water partition coefficient (Wildman–Crippen LogP) is 2.06. The molecule has 2 rings (SSSR count). The third kappa shape index (κ3) is 2.79. The Labute approximate surface area is 124 Å². The van der Waals surface area contributed by atoms with Gasteiger partial charge in [-0.3, -0.25) is 4.79 Å². The molecule has 0 aliphatic carbocycles. The van der Waals surface area contributed by atoms with Crippen LogP contribution in [0.5, 0.6) is 0 Å². The molecule has 1 heterocycles. The van der Waals surface area contributed by atoms with E-state index in [1.807, 2.05) is 32.2 Å². The van der Waals surface area contributed by atoms with E-state index in [-0.39, 0.29) is 0 Å². The van der Waals surface area contributed by atoms with Crippen LogP contribution in [0.25, 0.3) is 10.9 Å². The van der Waals surface area contributed by atoms with Crippen LogP contribution in [-0.2, 0) is 18.3 Å². The molecule has 0 saturated carbocycles. The Morgan fingerprint density at radius 2 is 2.24 bits per heavy atom. The van der Waals surface area contributed by atoms with E-state index in [1.54, 1.807) is 0 Å². The maximum Gasteiger partial charge on any atom is 0.306 e. The van der Waals surface area contributed by atoms with Gasteiger partial charge < -0.3 is 15.4 Å². The summed E-state index contributed by atoms with van der Waals surface area (Å²) in [5.74, 6) is 1.37. The number of fused-ring (bicyclic) bond motifs is 1. The van der Waals surface area contributed by atoms with Crippen LogP contribution in [0, 0.1) is 25.2 Å². The van der Waals surface area contributed by atoms with Crippen LogP contribution in [0.15, 0.2) is 18.2 Å². The van der Waals surface area contributed by atoms with Crippen LogP contribution in [0.4, 0.5) is 0 Å². The number of terminal acetylenes is 1. The molecule has 1 atom stereocenters. The molecule has 0 radical (unpaired) electrons. The predicted molar refractivity (Wildman–Crippen MR) is 84.1 cm³/mol. The standard InChI is InChI=1S/C17H20N2O2/c1-4-12-5-6-16-15(9-12)14(11(2)19(16)3)10-13(7-8-18)17(20)21/h1,5-6,9,13H,7-8,10,18H2,2-3H3,(H,20,21). The van der Waals surface area contributed by atoms with Crippen molar-refractivity contribution in [2.24, 2.45) is 18.7 Å². The number of hydrogen-bond acceptors (Lipinski definition) is 2. The summed E-state index contributed by atoms with van der Waals surface area (Å²) in [5.41, 5.74) is 9.52. The van der Waals surface area contributed by atoms with Crippen molar-refractivity contribution >= 4 is 16.9 Å². The van der Waals surface area contributed by atoms with E-state index < -0.39 is 11.9 Å². The van der Waals surface area contributed by atoms with Gasteiger partial charge in [0.05, 0.1) is 5.92 Å². The van der Waals surface area contributed by atoms with Gasteiger partial charge in [0.1, 0.15) is 0 Å². The molecule has 3 N–H and O–H groups in total. The Morgan fingerprint density at radius 3 is 2.81 bits per heavy atom. The van der Waals surface area contributed by atoms with Gasteiger partial charge in [-0.15, -0.1) is 6.42 Å². The summed E-state index contributed by atoms with van der Waals surface area (Å²) in [6, 6.07) is 5.85. The second-order valence-electron chi connectivity index (χ2n) is 5.32. The van der Waals surface area contributed by atoms with Crippen molar-refractivity contribution in [3.63, 3.8) is 0 Å². The van der Waals surface area contributed by atoms with Gasteiger partial charge in [0.25, 0.3) is 0 Å². The molecule has 0 amide bonds. The third-order valence-corrected chi connectivity index (χ3v) is 4.10. The molecule has 1 unspecified atom stereocenters. The van der Waals surface area contributed by atoms with E-state index in [0.29, 0.717) is 19.4 Å². The van der Waals surface area contributed by atoms with E-state index >= 15 is 0 Å². The molecule has 0 saturated heterocycles. The molecule has 0 fully saturated rings. The fourth-order valence-electron chi connectivity index (χ4n) is 2.76. The van der Waals surface area contributed by atoms with Gasteiger partial charge in [-0.2, -0.15) is 0 Å². The molecule has 0 aliphatic rings. The first-order valence-electron chi connectivity index (χ1n) is 6.97. The first-order valence-corrected chi connectivity index (χ1v) is 6.97. The van der Waals surface area contributed by atoms with Crippen LogP contribution in [-0.4, -0.2) is 22.2 Å². The molecule has 2 aromatic rings. The Morgan fingerprint density at radius 1 is 1.52 bits per heavy atom. The first kappa shape index (κ1) is 15.1. The highest BCUT2D eigenvalue weighted by Gasteiger charge is 2.21. The number of nitrogens with two attached hydrogens (primary N) is 1. The lowest BCUT2D eigenvalue weighted by Gasteiger charge is -2.11. The van der Waals surface area contributed by atoms with Crippen molar-refractivity contribution in [3.8, 4) is 12.3 Å². The number of hydrogen-bond donors (Lipinski definition) is 2. The van der Waals surface area contributed by atoms with Crippen molar-refractivity contribution in [2.75, 3.05) is 6.54 Å². The van der Waals surface area contributed by atoms with E-state index in [9.17, 15) is 9.90 Å². The highest BCUT2D eigenvalue weighted by Crippen LogP contribution is 2.28. The molecule has 1 aromatic carbocycles. The Hall–Kier alpha value is -2.25. The molecular formula is C17H20N2O2. The van der Waals surface area contributed by atoms with Crippen LogP contribution < -0.4 is 5.73 Å². The number of carbonyl (C=O) groups is 1. The van der Waals surface area contributed by atoms with Crippen LogP contribution in [0.1, 0.15) is 23.2 Å². The Bertz CT molecular complexity index is 722. The average Bonchev–Trinajstić information content (AvgIpc) is 2.71. The van der Waals surface area contributed by atoms with E-state index in [0.717, 1.165) is 27.7 Å². The van der Waals surface area contributed by atoms with E-state index in [2.05, 4.69) is 10.5 Å². The highest BCUT2D eigenvalue weighted by atomic mass is 16.4. The molecule has 1 aromatic heterocycles. The zero-order chi connectivity index (χ0) is 15.6. The minimum Gasteiger partial charge on any atom is -0.481 e. The smallest absolute Gasteiger partial charge is 0.306 e. The van der Waals surface area contributed by atoms with Gasteiger partial charge in [0.2, 0.25) is 0 Å². The number of aryl methyl sites for hydroxylation is 1. The fourth-order valence-corrected chi connectivity index (χ4v) is 2.76. The summed E-state index contributed by atoms with van der Waals surface area (Å²) in [6.45, 7) is 2.38. The van der Waals surface area contributed by atoms with Crippen molar-refractivity contribution in [3.05, 3.63) is 35.0 Å². The monoisotopic (exact) mass is 284 g/mol. The first-order chi connectivity index (χ1) is 9.99. The zero-order valence-corrected chi connectivity index (χ0v) is 12.4. The number of benzene rings is 1. The summed E-state index contributed by atoms with van der Waals surface area (Å²) in [5, 5.41) is 10.4. The molecule has 0 bridgehead atoms. The van der Waals surface area contributed by atoms with Crippen molar-refractivity contribution in [1.82, 2.24) is 4.57 Å². The topological polar surface area (TPSA) is 68.2 Å². The molecule has 4 heteroatoms. The van der Waals surface area contributed by atoms with Crippen LogP contribution in [0.2, 0.25) is 0 Å². The maximum atomic E-state index is 11.4. The number of carboxylic acids is 1. The normalized spacial score (nSPS) is 12.3. The minimum absolute atomic E-state index is 0.371. The molecule has 110 valence electrons. The molecule has 0 aliphatic heterocycles. The lowest BCUT2D eigenvalue weighted by molar-refractivity contribution is -0.141. The van der Waals surface area contributed by atoms with Crippen LogP contribution >= 0.6 is 0 Å². The number of rotatable bonds is 5. The highest BCUT2D eigenvalue weighted by molar-refractivity contribution is 5.87. The van der Waals surface area contributed by atoms with E-state index in [1.165, 1.54) is 0 Å². The van der Waals surface area contributed by atoms with Gasteiger partial charge in [-0.25, -0.2) is 0 Å². The van der Waals surface area contributed by atoms with Gasteiger partial charge in [-0.05, 0) is 50.1 Å². The summed E-state index contributed by atoms with van der Waals surface area (Å²) in [7, 11) is 1.98. The maximum absolute atomic E-state index is 11.4. The number of carboxylic acid groups (broad SMARTS) is 1. The summed E-state index contributed by atoms with van der Waals surface area (Å²) < 4.78 is 2.08. The van der Waals surface area contributed by atoms with Gasteiger partial charge in [0.15, 0.2) is 0 Å². The van der Waals surface area contributed by atoms with E-state index in [4.69, 9.17) is 12.2 Å². The number of nitrogens with zero attached hydrogens (tertiary/aromatic N) is 1. The number of aliphatic carboxylic acids is 1. The van der Waals surface area contributed by atoms with Gasteiger partial charge in [-0.1, -0.05) is 5.92 Å². The number of aromatic nitrogens is 1. The SMILES string of the molecule is C#Cc1ccc2c(c1)c(CC(CCN)C(=O)O)c(C)n2C. The minimum atomic E-state index is -0.801. The van der Waals surface area contributed by atoms with Gasteiger partial charge in [0, 0.05) is 29.2 Å². The molecular weight excluding hydrogens is 264 g/mol. The van der Waals surface area contributed by atoms with Gasteiger partial charge >= 0.3 is 5.97 Å². The summed E-state index contributed by atoms with van der Waals surface area (Å²) in [4.78, 5) is 11.4. The molecule has 21 heavy (non-hydrogen) atoms. The third-order valence-electron chi connectivity index (χ3n) is 4.10. The van der Waals surface area contributed by atoms with Crippen molar-refractivity contribution in [1.29, 1.82) is 0 Å². The summed E-state index contributed by atoms with van der Waals surface area (Å²) >= 11 is 0. The zero-order valence-electron chi connectivity index (χ0n) is 12.4. The largest absolute Gasteiger partial charge is 0.481 e. The van der Waals surface area contributed by atoms with Crippen molar-refractivity contribution < 1.29 is 9.90 Å². The Balaban J connectivity index is 2.54.